The van der Waals surface area contributed by atoms with Crippen LogP contribution in [0.5, 0.6) is 0 Å². The van der Waals surface area contributed by atoms with Crippen molar-refractivity contribution in [2.24, 2.45) is 0 Å². The molecule has 1 atom stereocenters. The van der Waals surface area contributed by atoms with Crippen LogP contribution in [0, 0.1) is 0 Å². The molecular formula is C13H20N4OS. The largest absolute Gasteiger partial charge is 0.406 e. The topological polar surface area (TPSA) is 54.2 Å². The van der Waals surface area contributed by atoms with Crippen LogP contribution in [-0.2, 0) is 6.54 Å². The molecule has 0 radical (unpaired) electrons. The second kappa shape index (κ2) is 6.68. The summed E-state index contributed by atoms with van der Waals surface area (Å²) >= 11 is 1.69. The third kappa shape index (κ3) is 3.78. The van der Waals surface area contributed by atoms with Gasteiger partial charge in [0.05, 0.1) is 6.04 Å². The van der Waals surface area contributed by atoms with Gasteiger partial charge in [0.1, 0.15) is 0 Å². The monoisotopic (exact) mass is 280 g/mol. The maximum absolute atomic E-state index is 5.70. The van der Waals surface area contributed by atoms with Gasteiger partial charge < -0.3 is 14.6 Å². The number of hydrogen-bond donors (Lipinski definition) is 1. The van der Waals surface area contributed by atoms with E-state index in [0.717, 1.165) is 19.5 Å². The summed E-state index contributed by atoms with van der Waals surface area (Å²) in [7, 11) is 1.96. The normalized spacial score (nSPS) is 12.6. The molecule has 1 N–H and O–H groups in total. The highest BCUT2D eigenvalue weighted by Gasteiger charge is 2.15. The van der Waals surface area contributed by atoms with E-state index in [4.69, 9.17) is 4.42 Å². The van der Waals surface area contributed by atoms with Gasteiger partial charge in [-0.3, -0.25) is 0 Å². The number of nitrogens with zero attached hydrogens (tertiary/aromatic N) is 3. The predicted molar refractivity (Wildman–Crippen MR) is 77.4 cm³/mol. The van der Waals surface area contributed by atoms with Crippen LogP contribution < -0.4 is 10.2 Å². The fourth-order valence-corrected chi connectivity index (χ4v) is 2.39. The lowest BCUT2D eigenvalue weighted by atomic mass is 10.3. The van der Waals surface area contributed by atoms with E-state index >= 15 is 0 Å². The summed E-state index contributed by atoms with van der Waals surface area (Å²) in [5.74, 6) is 0.639. The molecule has 6 heteroatoms. The Balaban J connectivity index is 1.96. The van der Waals surface area contributed by atoms with E-state index < -0.39 is 0 Å². The SMILES string of the molecule is CCCNC(C)c1nnc(N(C)Cc2ccsc2)o1. The molecule has 0 aliphatic heterocycles. The summed E-state index contributed by atoms with van der Waals surface area (Å²) in [5, 5.41) is 15.7. The lowest BCUT2D eigenvalue weighted by molar-refractivity contribution is 0.416. The van der Waals surface area contributed by atoms with Crippen LogP contribution >= 0.6 is 11.3 Å². The highest BCUT2D eigenvalue weighted by molar-refractivity contribution is 7.07. The first-order valence-corrected chi connectivity index (χ1v) is 7.44. The quantitative estimate of drug-likeness (QED) is 0.845. The minimum absolute atomic E-state index is 0.0933. The zero-order valence-electron chi connectivity index (χ0n) is 11.6. The van der Waals surface area contributed by atoms with E-state index in [1.54, 1.807) is 11.3 Å². The van der Waals surface area contributed by atoms with E-state index in [1.165, 1.54) is 5.56 Å². The van der Waals surface area contributed by atoms with Crippen LogP contribution in [0.4, 0.5) is 6.01 Å². The van der Waals surface area contributed by atoms with Gasteiger partial charge in [0.2, 0.25) is 5.89 Å². The second-order valence-electron chi connectivity index (χ2n) is 4.59. The van der Waals surface area contributed by atoms with Gasteiger partial charge in [0, 0.05) is 13.6 Å². The van der Waals surface area contributed by atoms with Crippen molar-refractivity contribution in [1.82, 2.24) is 15.5 Å². The first-order valence-electron chi connectivity index (χ1n) is 6.49. The summed E-state index contributed by atoms with van der Waals surface area (Å²) in [5.41, 5.74) is 1.25. The summed E-state index contributed by atoms with van der Waals surface area (Å²) in [6.45, 7) is 5.89. The Bertz CT molecular complexity index is 483. The van der Waals surface area contributed by atoms with Crippen molar-refractivity contribution in [3.05, 3.63) is 28.3 Å². The van der Waals surface area contributed by atoms with Crippen LogP contribution in [0.25, 0.3) is 0 Å². The van der Waals surface area contributed by atoms with Crippen LogP contribution in [0.1, 0.15) is 37.8 Å². The molecule has 0 aliphatic rings. The average Bonchev–Trinajstić information content (AvgIpc) is 3.06. The molecule has 0 amide bonds. The van der Waals surface area contributed by atoms with Crippen molar-refractivity contribution in [1.29, 1.82) is 0 Å². The van der Waals surface area contributed by atoms with Gasteiger partial charge >= 0.3 is 6.01 Å². The molecule has 2 rings (SSSR count). The van der Waals surface area contributed by atoms with Crippen molar-refractivity contribution in [2.45, 2.75) is 32.9 Å². The molecular weight excluding hydrogens is 260 g/mol. The van der Waals surface area contributed by atoms with Crippen molar-refractivity contribution < 1.29 is 4.42 Å². The standard InChI is InChI=1S/C13H20N4OS/c1-4-6-14-10(2)12-15-16-13(18-12)17(3)8-11-5-7-19-9-11/h5,7,9-10,14H,4,6,8H2,1-3H3. The molecule has 0 spiro atoms. The molecule has 2 aromatic rings. The van der Waals surface area contributed by atoms with Crippen LogP contribution in [0.15, 0.2) is 21.2 Å². The number of thiophene rings is 1. The lowest BCUT2D eigenvalue weighted by Crippen LogP contribution is -2.19. The minimum Gasteiger partial charge on any atom is -0.406 e. The molecule has 0 bridgehead atoms. The van der Waals surface area contributed by atoms with Crippen LogP contribution in [0.3, 0.4) is 0 Å². The first-order chi connectivity index (χ1) is 9.20. The van der Waals surface area contributed by atoms with Gasteiger partial charge in [-0.2, -0.15) is 11.3 Å². The van der Waals surface area contributed by atoms with Crippen LogP contribution in [-0.4, -0.2) is 23.8 Å². The number of hydrogen-bond acceptors (Lipinski definition) is 6. The van der Waals surface area contributed by atoms with Crippen molar-refractivity contribution >= 4 is 17.4 Å². The Labute approximate surface area is 117 Å². The molecule has 5 nitrogen and oxygen atoms in total. The minimum atomic E-state index is 0.0933. The number of rotatable bonds is 7. The van der Waals surface area contributed by atoms with E-state index in [1.807, 2.05) is 18.9 Å². The van der Waals surface area contributed by atoms with Gasteiger partial charge in [0.15, 0.2) is 0 Å². The summed E-state index contributed by atoms with van der Waals surface area (Å²) in [6.07, 6.45) is 1.09. The van der Waals surface area contributed by atoms with Gasteiger partial charge in [-0.15, -0.1) is 5.10 Å². The molecule has 0 saturated heterocycles. The van der Waals surface area contributed by atoms with Gasteiger partial charge in [-0.25, -0.2) is 0 Å². The highest BCUT2D eigenvalue weighted by atomic mass is 32.1. The third-order valence-corrected chi connectivity index (χ3v) is 3.56. The van der Waals surface area contributed by atoms with Crippen LogP contribution in [0.2, 0.25) is 0 Å². The van der Waals surface area contributed by atoms with Crippen molar-refractivity contribution in [3.8, 4) is 0 Å². The molecule has 0 fully saturated rings. The summed E-state index contributed by atoms with van der Waals surface area (Å²) in [4.78, 5) is 1.96. The number of nitrogens with one attached hydrogen (secondary N) is 1. The summed E-state index contributed by atoms with van der Waals surface area (Å²) in [6, 6.07) is 2.76. The smallest absolute Gasteiger partial charge is 0.318 e. The first kappa shape index (κ1) is 14.0. The lowest BCUT2D eigenvalue weighted by Gasteiger charge is -2.13. The van der Waals surface area contributed by atoms with Crippen molar-refractivity contribution in [3.63, 3.8) is 0 Å². The van der Waals surface area contributed by atoms with E-state index in [0.29, 0.717) is 11.9 Å². The van der Waals surface area contributed by atoms with Gasteiger partial charge in [-0.05, 0) is 42.3 Å². The molecule has 0 aliphatic carbocycles. The molecule has 19 heavy (non-hydrogen) atoms. The van der Waals surface area contributed by atoms with Gasteiger partial charge in [0.25, 0.3) is 0 Å². The Hall–Kier alpha value is -1.40. The zero-order valence-corrected chi connectivity index (χ0v) is 12.4. The van der Waals surface area contributed by atoms with E-state index in [-0.39, 0.29) is 6.04 Å². The van der Waals surface area contributed by atoms with Gasteiger partial charge in [-0.1, -0.05) is 12.0 Å². The van der Waals surface area contributed by atoms with Crippen molar-refractivity contribution in [2.75, 3.05) is 18.5 Å². The average molecular weight is 280 g/mol. The molecule has 104 valence electrons. The fourth-order valence-electron chi connectivity index (χ4n) is 1.73. The molecule has 2 heterocycles. The second-order valence-corrected chi connectivity index (χ2v) is 5.37. The maximum Gasteiger partial charge on any atom is 0.318 e. The third-order valence-electron chi connectivity index (χ3n) is 2.83. The molecule has 2 aromatic heterocycles. The molecule has 0 saturated carbocycles. The Morgan fingerprint density at radius 1 is 1.47 bits per heavy atom. The highest BCUT2D eigenvalue weighted by Crippen LogP contribution is 2.18. The summed E-state index contributed by atoms with van der Waals surface area (Å²) < 4.78 is 5.70. The zero-order chi connectivity index (χ0) is 13.7. The molecule has 0 aromatic carbocycles. The maximum atomic E-state index is 5.70. The number of anilines is 1. The Morgan fingerprint density at radius 3 is 3.00 bits per heavy atom. The molecule has 1 unspecified atom stereocenters. The van der Waals surface area contributed by atoms with E-state index in [9.17, 15) is 0 Å². The predicted octanol–water partition coefficient (Wildman–Crippen LogP) is 2.83. The Morgan fingerprint density at radius 2 is 2.32 bits per heavy atom. The Kier molecular flexibility index (Phi) is 4.93. The fraction of sp³-hybridized carbons (Fsp3) is 0.538. The van der Waals surface area contributed by atoms with E-state index in [2.05, 4.69) is 39.3 Å². The number of aromatic nitrogens is 2.